The quantitative estimate of drug-likeness (QED) is 0.852. The number of carbonyl (C=O) groups excluding carboxylic acids is 1. The van der Waals surface area contributed by atoms with Crippen molar-refractivity contribution in [2.75, 3.05) is 20.2 Å². The highest BCUT2D eigenvalue weighted by atomic mass is 19.1. The van der Waals surface area contributed by atoms with E-state index in [9.17, 15) is 4.79 Å². The number of carbonyl (C=O) groups is 1. The third-order valence-electron chi connectivity index (χ3n) is 4.81. The Balaban J connectivity index is 1.53. The lowest BCUT2D eigenvalue weighted by atomic mass is 9.94. The van der Waals surface area contributed by atoms with Gasteiger partial charge in [0.05, 0.1) is 13.7 Å². The molecule has 2 aromatic rings. The molecule has 1 aromatic carbocycles. The van der Waals surface area contributed by atoms with E-state index in [1.807, 2.05) is 0 Å². The number of hydrogen-bond donors (Lipinski definition) is 0. The van der Waals surface area contributed by atoms with E-state index in [0.29, 0.717) is 36.0 Å². The Morgan fingerprint density at radius 1 is 1.44 bits per heavy atom. The van der Waals surface area contributed by atoms with Gasteiger partial charge in [-0.2, -0.15) is 4.98 Å². The SMILES string of the molecule is COc1cccc(C(=O)N2CCCC(F)(c3nc(C4CC4)no3)C2)c1. The number of rotatable bonds is 4. The van der Waals surface area contributed by atoms with Crippen molar-refractivity contribution in [2.45, 2.75) is 37.3 Å². The van der Waals surface area contributed by atoms with Gasteiger partial charge in [0.25, 0.3) is 11.8 Å². The maximum absolute atomic E-state index is 15.5. The monoisotopic (exact) mass is 345 g/mol. The highest BCUT2D eigenvalue weighted by molar-refractivity contribution is 5.94. The predicted octanol–water partition coefficient (Wildman–Crippen LogP) is 3.06. The van der Waals surface area contributed by atoms with Gasteiger partial charge in [-0.25, -0.2) is 4.39 Å². The molecule has 2 fully saturated rings. The molecule has 1 amide bonds. The lowest BCUT2D eigenvalue weighted by Gasteiger charge is -2.35. The second-order valence-corrected chi connectivity index (χ2v) is 6.76. The molecule has 132 valence electrons. The van der Waals surface area contributed by atoms with Crippen LogP contribution in [0.2, 0.25) is 0 Å². The van der Waals surface area contributed by atoms with Gasteiger partial charge < -0.3 is 14.2 Å². The summed E-state index contributed by atoms with van der Waals surface area (Å²) in [6, 6.07) is 6.88. The molecule has 1 unspecified atom stereocenters. The first-order valence-electron chi connectivity index (χ1n) is 8.55. The summed E-state index contributed by atoms with van der Waals surface area (Å²) in [5, 5.41) is 3.90. The molecule has 0 spiro atoms. The van der Waals surface area contributed by atoms with Gasteiger partial charge in [0.1, 0.15) is 5.75 Å². The molecule has 1 aliphatic carbocycles. The third kappa shape index (κ3) is 3.10. The van der Waals surface area contributed by atoms with E-state index >= 15 is 4.39 Å². The minimum absolute atomic E-state index is 0.00228. The van der Waals surface area contributed by atoms with Gasteiger partial charge >= 0.3 is 0 Å². The third-order valence-corrected chi connectivity index (χ3v) is 4.81. The summed E-state index contributed by atoms with van der Waals surface area (Å²) in [5.41, 5.74) is -1.31. The van der Waals surface area contributed by atoms with Crippen molar-refractivity contribution < 1.29 is 18.4 Å². The van der Waals surface area contributed by atoms with E-state index in [1.54, 1.807) is 31.4 Å². The van der Waals surface area contributed by atoms with Crippen molar-refractivity contribution in [1.82, 2.24) is 15.0 Å². The number of ether oxygens (including phenoxy) is 1. The van der Waals surface area contributed by atoms with Crippen molar-refractivity contribution in [3.8, 4) is 5.75 Å². The number of benzene rings is 1. The number of piperidine rings is 1. The van der Waals surface area contributed by atoms with Crippen LogP contribution < -0.4 is 4.74 Å². The van der Waals surface area contributed by atoms with Gasteiger partial charge in [-0.15, -0.1) is 0 Å². The molecular weight excluding hydrogens is 325 g/mol. The van der Waals surface area contributed by atoms with Gasteiger partial charge in [-0.1, -0.05) is 11.2 Å². The van der Waals surface area contributed by atoms with Crippen LogP contribution in [0.1, 0.15) is 53.7 Å². The summed E-state index contributed by atoms with van der Waals surface area (Å²) in [4.78, 5) is 18.5. The fourth-order valence-electron chi connectivity index (χ4n) is 3.22. The van der Waals surface area contributed by atoms with Crippen molar-refractivity contribution in [1.29, 1.82) is 0 Å². The molecule has 7 heteroatoms. The Morgan fingerprint density at radius 3 is 3.04 bits per heavy atom. The molecule has 1 saturated heterocycles. The summed E-state index contributed by atoms with van der Waals surface area (Å²) < 4.78 is 25.8. The van der Waals surface area contributed by atoms with Crippen LogP contribution in [0.15, 0.2) is 28.8 Å². The first-order chi connectivity index (χ1) is 12.1. The first-order valence-corrected chi connectivity index (χ1v) is 8.55. The van der Waals surface area contributed by atoms with Gasteiger partial charge in [0, 0.05) is 18.0 Å². The van der Waals surface area contributed by atoms with E-state index < -0.39 is 5.67 Å². The molecule has 0 N–H and O–H groups in total. The average molecular weight is 345 g/mol. The topological polar surface area (TPSA) is 68.5 Å². The molecule has 0 radical (unpaired) electrons. The molecule has 1 aliphatic heterocycles. The molecule has 6 nitrogen and oxygen atoms in total. The molecule has 25 heavy (non-hydrogen) atoms. The number of methoxy groups -OCH3 is 1. The second kappa shape index (κ2) is 6.13. The smallest absolute Gasteiger partial charge is 0.266 e. The Labute approximate surface area is 145 Å². The standard InChI is InChI=1S/C18H20FN3O3/c1-24-14-5-2-4-13(10-14)16(23)22-9-3-8-18(19,11-22)17-20-15(21-25-17)12-6-7-12/h2,4-5,10,12H,3,6-9,11H2,1H3. The lowest BCUT2D eigenvalue weighted by molar-refractivity contribution is 0.0152. The highest BCUT2D eigenvalue weighted by Gasteiger charge is 2.44. The van der Waals surface area contributed by atoms with E-state index in [2.05, 4.69) is 10.1 Å². The number of aromatic nitrogens is 2. The van der Waals surface area contributed by atoms with Crippen LogP contribution in [0.4, 0.5) is 4.39 Å². The van der Waals surface area contributed by atoms with Gasteiger partial charge in [-0.3, -0.25) is 4.79 Å². The van der Waals surface area contributed by atoms with Crippen LogP contribution in [0.3, 0.4) is 0 Å². The van der Waals surface area contributed by atoms with Crippen LogP contribution in [0, 0.1) is 0 Å². The molecule has 2 aliphatic rings. The second-order valence-electron chi connectivity index (χ2n) is 6.76. The van der Waals surface area contributed by atoms with Gasteiger partial charge in [-0.05, 0) is 43.9 Å². The first kappa shape index (κ1) is 16.1. The number of halogens is 1. The zero-order valence-corrected chi connectivity index (χ0v) is 14.1. The fourth-order valence-corrected chi connectivity index (χ4v) is 3.22. The van der Waals surface area contributed by atoms with Gasteiger partial charge in [0.2, 0.25) is 5.67 Å². The van der Waals surface area contributed by atoms with Crippen molar-refractivity contribution in [2.24, 2.45) is 0 Å². The molecule has 1 saturated carbocycles. The summed E-state index contributed by atoms with van der Waals surface area (Å²) in [7, 11) is 1.55. The van der Waals surface area contributed by atoms with Crippen molar-refractivity contribution in [3.05, 3.63) is 41.5 Å². The largest absolute Gasteiger partial charge is 0.497 e. The molecule has 1 atom stereocenters. The van der Waals surface area contributed by atoms with Crippen LogP contribution in [0.5, 0.6) is 5.75 Å². The van der Waals surface area contributed by atoms with Crippen LogP contribution in [-0.4, -0.2) is 41.1 Å². The van der Waals surface area contributed by atoms with Crippen LogP contribution in [0.25, 0.3) is 0 Å². The van der Waals surface area contributed by atoms with Crippen molar-refractivity contribution in [3.63, 3.8) is 0 Å². The number of alkyl halides is 1. The Kier molecular flexibility index (Phi) is 3.94. The van der Waals surface area contributed by atoms with Crippen LogP contribution in [-0.2, 0) is 5.67 Å². The summed E-state index contributed by atoms with van der Waals surface area (Å²) >= 11 is 0. The number of amides is 1. The van der Waals surface area contributed by atoms with Gasteiger partial charge in [0.15, 0.2) is 5.82 Å². The maximum atomic E-state index is 15.5. The van der Waals surface area contributed by atoms with E-state index in [0.717, 1.165) is 12.8 Å². The Bertz CT molecular complexity index is 789. The van der Waals surface area contributed by atoms with Crippen LogP contribution >= 0.6 is 0 Å². The minimum Gasteiger partial charge on any atom is -0.497 e. The Hall–Kier alpha value is -2.44. The summed E-state index contributed by atoms with van der Waals surface area (Å²) in [6.45, 7) is 0.431. The predicted molar refractivity (Wildman–Crippen MR) is 87.2 cm³/mol. The molecule has 4 rings (SSSR count). The van der Waals surface area contributed by atoms with Crippen molar-refractivity contribution >= 4 is 5.91 Å². The number of likely N-dealkylation sites (tertiary alicyclic amines) is 1. The van der Waals surface area contributed by atoms with E-state index in [4.69, 9.17) is 9.26 Å². The van der Waals surface area contributed by atoms with E-state index in [1.165, 1.54) is 4.90 Å². The minimum atomic E-state index is -1.78. The number of hydrogen-bond acceptors (Lipinski definition) is 5. The lowest BCUT2D eigenvalue weighted by Crippen LogP contribution is -2.46. The molecular formula is C18H20FN3O3. The van der Waals surface area contributed by atoms with E-state index in [-0.39, 0.29) is 24.8 Å². The number of nitrogens with zero attached hydrogens (tertiary/aromatic N) is 3. The molecule has 1 aromatic heterocycles. The Morgan fingerprint density at radius 2 is 2.28 bits per heavy atom. The zero-order chi connectivity index (χ0) is 17.4. The normalized spacial score (nSPS) is 23.5. The average Bonchev–Trinajstić information content (AvgIpc) is 3.37. The summed E-state index contributed by atoms with van der Waals surface area (Å²) in [6.07, 6.45) is 2.88. The molecule has 2 heterocycles. The zero-order valence-electron chi connectivity index (χ0n) is 14.1. The fraction of sp³-hybridized carbons (Fsp3) is 0.500. The summed E-state index contributed by atoms with van der Waals surface area (Å²) in [5.74, 6) is 1.27. The maximum Gasteiger partial charge on any atom is 0.266 e. The highest BCUT2D eigenvalue weighted by Crippen LogP contribution is 2.41. The molecule has 0 bridgehead atoms.